The van der Waals surface area contributed by atoms with Crippen LogP contribution in [0.25, 0.3) is 11.3 Å². The predicted octanol–water partition coefficient (Wildman–Crippen LogP) is 3.97. The molecule has 1 aromatic carbocycles. The summed E-state index contributed by atoms with van der Waals surface area (Å²) >= 11 is 0. The van der Waals surface area contributed by atoms with Crippen molar-refractivity contribution >= 4 is 5.69 Å². The van der Waals surface area contributed by atoms with Gasteiger partial charge >= 0.3 is 0 Å². The summed E-state index contributed by atoms with van der Waals surface area (Å²) in [6.45, 7) is 4.59. The van der Waals surface area contributed by atoms with Gasteiger partial charge in [0.25, 0.3) is 0 Å². The molecule has 4 heteroatoms. The summed E-state index contributed by atoms with van der Waals surface area (Å²) in [4.78, 5) is 8.69. The quantitative estimate of drug-likeness (QED) is 0.785. The summed E-state index contributed by atoms with van der Waals surface area (Å²) in [7, 11) is 0. The molecule has 0 aliphatic rings. The molecule has 1 N–H and O–H groups in total. The highest BCUT2D eigenvalue weighted by molar-refractivity contribution is 5.61. The number of nitrogens with one attached hydrogen (secondary N) is 1. The fourth-order valence-electron chi connectivity index (χ4n) is 2.05. The minimum atomic E-state index is 0.678. The Morgan fingerprint density at radius 3 is 2.48 bits per heavy atom. The Bertz CT molecular complexity index is 715. The maximum absolute atomic E-state index is 5.23. The number of anilines is 1. The molecule has 4 nitrogen and oxygen atoms in total. The zero-order valence-electron chi connectivity index (χ0n) is 12.1. The molecule has 0 radical (unpaired) electrons. The van der Waals surface area contributed by atoms with Gasteiger partial charge < -0.3 is 9.73 Å². The van der Waals surface area contributed by atoms with Crippen LogP contribution < -0.4 is 5.32 Å². The number of benzene rings is 1. The summed E-state index contributed by atoms with van der Waals surface area (Å²) in [6, 6.07) is 12.2. The van der Waals surface area contributed by atoms with Gasteiger partial charge in [-0.1, -0.05) is 18.2 Å². The van der Waals surface area contributed by atoms with Crippen LogP contribution in [0.5, 0.6) is 0 Å². The summed E-state index contributed by atoms with van der Waals surface area (Å²) in [5.41, 5.74) is 5.16. The normalized spacial score (nSPS) is 10.6. The maximum Gasteiger partial charge on any atom is 0.191 e. The average Bonchev–Trinajstić information content (AvgIpc) is 2.94. The van der Waals surface area contributed by atoms with Crippen molar-refractivity contribution in [2.45, 2.75) is 20.4 Å². The first-order chi connectivity index (χ1) is 10.2. The molecule has 0 spiro atoms. The van der Waals surface area contributed by atoms with Gasteiger partial charge in [-0.2, -0.15) is 0 Å². The SMILES string of the molecule is Cc1ccc(CNc2ccc(-c3coc(C)n3)cc2)nc1. The summed E-state index contributed by atoms with van der Waals surface area (Å²) in [6.07, 6.45) is 3.56. The van der Waals surface area contributed by atoms with Gasteiger partial charge in [0, 0.05) is 24.4 Å². The van der Waals surface area contributed by atoms with Crippen molar-refractivity contribution < 1.29 is 4.42 Å². The molecule has 0 unspecified atom stereocenters. The standard InChI is InChI=1S/C17H17N3O/c1-12-3-6-16(18-9-12)10-19-15-7-4-14(5-8-15)17-11-21-13(2)20-17/h3-9,11,19H,10H2,1-2H3. The van der Waals surface area contributed by atoms with Crippen LogP contribution in [0, 0.1) is 13.8 Å². The molecule has 2 heterocycles. The van der Waals surface area contributed by atoms with E-state index in [-0.39, 0.29) is 0 Å². The fraction of sp³-hybridized carbons (Fsp3) is 0.176. The third-order valence-electron chi connectivity index (χ3n) is 3.25. The van der Waals surface area contributed by atoms with E-state index in [9.17, 15) is 0 Å². The second-order valence-corrected chi connectivity index (χ2v) is 5.01. The van der Waals surface area contributed by atoms with E-state index in [1.165, 1.54) is 5.56 Å². The Balaban J connectivity index is 1.65. The predicted molar refractivity (Wildman–Crippen MR) is 83.0 cm³/mol. The lowest BCUT2D eigenvalue weighted by Gasteiger charge is -2.06. The van der Waals surface area contributed by atoms with Crippen LogP contribution >= 0.6 is 0 Å². The lowest BCUT2D eigenvalue weighted by atomic mass is 10.1. The summed E-state index contributed by atoms with van der Waals surface area (Å²) < 4.78 is 5.23. The average molecular weight is 279 g/mol. The Labute approximate surface area is 123 Å². The number of oxazole rings is 1. The molecule has 3 aromatic rings. The van der Waals surface area contributed by atoms with Crippen LogP contribution in [0.15, 0.2) is 53.3 Å². The molecule has 3 rings (SSSR count). The van der Waals surface area contributed by atoms with Crippen molar-refractivity contribution in [3.05, 3.63) is 66.0 Å². The highest BCUT2D eigenvalue weighted by Crippen LogP contribution is 2.20. The number of pyridine rings is 1. The third kappa shape index (κ3) is 3.28. The van der Waals surface area contributed by atoms with Gasteiger partial charge in [0.1, 0.15) is 12.0 Å². The first-order valence-electron chi connectivity index (χ1n) is 6.89. The smallest absolute Gasteiger partial charge is 0.191 e. The molecular weight excluding hydrogens is 262 g/mol. The topological polar surface area (TPSA) is 51.0 Å². The summed E-state index contributed by atoms with van der Waals surface area (Å²) in [5, 5.41) is 3.36. The van der Waals surface area contributed by atoms with E-state index in [0.29, 0.717) is 12.4 Å². The van der Waals surface area contributed by atoms with Crippen LogP contribution in [0.4, 0.5) is 5.69 Å². The summed E-state index contributed by atoms with van der Waals surface area (Å²) in [5.74, 6) is 0.678. The molecular formula is C17H17N3O. The van der Waals surface area contributed by atoms with E-state index >= 15 is 0 Å². The molecule has 0 atom stereocenters. The van der Waals surface area contributed by atoms with Crippen molar-refractivity contribution in [1.82, 2.24) is 9.97 Å². The van der Waals surface area contributed by atoms with E-state index in [0.717, 1.165) is 22.6 Å². The highest BCUT2D eigenvalue weighted by Gasteiger charge is 2.03. The number of hydrogen-bond donors (Lipinski definition) is 1. The van der Waals surface area contributed by atoms with E-state index in [1.54, 1.807) is 6.26 Å². The molecule has 0 aliphatic carbocycles. The largest absolute Gasteiger partial charge is 0.449 e. The highest BCUT2D eigenvalue weighted by atomic mass is 16.3. The lowest BCUT2D eigenvalue weighted by molar-refractivity contribution is 0.521. The molecule has 0 bridgehead atoms. The Kier molecular flexibility index (Phi) is 3.69. The molecule has 0 saturated carbocycles. The lowest BCUT2D eigenvalue weighted by Crippen LogP contribution is -2.01. The van der Waals surface area contributed by atoms with Crippen molar-refractivity contribution in [3.8, 4) is 11.3 Å². The van der Waals surface area contributed by atoms with Gasteiger partial charge in [-0.05, 0) is 30.7 Å². The van der Waals surface area contributed by atoms with Gasteiger partial charge in [0.05, 0.1) is 12.2 Å². The van der Waals surface area contributed by atoms with Crippen molar-refractivity contribution in [1.29, 1.82) is 0 Å². The second kappa shape index (κ2) is 5.79. The number of aryl methyl sites for hydroxylation is 2. The van der Waals surface area contributed by atoms with Gasteiger partial charge in [0.2, 0.25) is 0 Å². The van der Waals surface area contributed by atoms with E-state index < -0.39 is 0 Å². The molecule has 0 amide bonds. The van der Waals surface area contributed by atoms with E-state index in [1.807, 2.05) is 50.4 Å². The minimum Gasteiger partial charge on any atom is -0.449 e. The number of nitrogens with zero attached hydrogens (tertiary/aromatic N) is 2. The van der Waals surface area contributed by atoms with Crippen molar-refractivity contribution in [2.75, 3.05) is 5.32 Å². The van der Waals surface area contributed by atoms with E-state index in [4.69, 9.17) is 4.42 Å². The Morgan fingerprint density at radius 1 is 1.05 bits per heavy atom. The Hall–Kier alpha value is -2.62. The first-order valence-corrected chi connectivity index (χ1v) is 6.89. The zero-order valence-corrected chi connectivity index (χ0v) is 12.1. The van der Waals surface area contributed by atoms with Crippen LogP contribution in [0.3, 0.4) is 0 Å². The maximum atomic E-state index is 5.23. The number of aromatic nitrogens is 2. The van der Waals surface area contributed by atoms with Gasteiger partial charge in [-0.25, -0.2) is 4.98 Å². The fourth-order valence-corrected chi connectivity index (χ4v) is 2.05. The third-order valence-corrected chi connectivity index (χ3v) is 3.25. The monoisotopic (exact) mass is 279 g/mol. The molecule has 0 saturated heterocycles. The molecule has 0 fully saturated rings. The molecule has 2 aromatic heterocycles. The minimum absolute atomic E-state index is 0.678. The Morgan fingerprint density at radius 2 is 1.86 bits per heavy atom. The van der Waals surface area contributed by atoms with Crippen LogP contribution in [-0.4, -0.2) is 9.97 Å². The second-order valence-electron chi connectivity index (χ2n) is 5.01. The van der Waals surface area contributed by atoms with Crippen molar-refractivity contribution in [2.24, 2.45) is 0 Å². The van der Waals surface area contributed by atoms with Gasteiger partial charge in [0.15, 0.2) is 5.89 Å². The van der Waals surface area contributed by atoms with Crippen LogP contribution in [-0.2, 0) is 6.54 Å². The van der Waals surface area contributed by atoms with Crippen molar-refractivity contribution in [3.63, 3.8) is 0 Å². The number of rotatable bonds is 4. The van der Waals surface area contributed by atoms with Crippen LogP contribution in [0.2, 0.25) is 0 Å². The molecule has 21 heavy (non-hydrogen) atoms. The molecule has 0 aliphatic heterocycles. The molecule has 106 valence electrons. The van der Waals surface area contributed by atoms with Gasteiger partial charge in [-0.3, -0.25) is 4.98 Å². The zero-order chi connectivity index (χ0) is 14.7. The van der Waals surface area contributed by atoms with E-state index in [2.05, 4.69) is 21.4 Å². The number of hydrogen-bond acceptors (Lipinski definition) is 4. The first kappa shape index (κ1) is 13.4. The van der Waals surface area contributed by atoms with Gasteiger partial charge in [-0.15, -0.1) is 0 Å². The van der Waals surface area contributed by atoms with Crippen LogP contribution in [0.1, 0.15) is 17.1 Å².